The lowest BCUT2D eigenvalue weighted by Gasteiger charge is -2.47. The summed E-state index contributed by atoms with van der Waals surface area (Å²) in [5.41, 5.74) is 3.29. The molecule has 4 rings (SSSR count). The molecule has 2 aromatic carbocycles. The summed E-state index contributed by atoms with van der Waals surface area (Å²) < 4.78 is 18.8. The minimum absolute atomic E-state index is 0.0544. The Morgan fingerprint density at radius 1 is 1.08 bits per heavy atom. The first kappa shape index (κ1) is 24.9. The quantitative estimate of drug-likeness (QED) is 0.267. The second-order valence-electron chi connectivity index (χ2n) is 9.45. The van der Waals surface area contributed by atoms with E-state index in [0.717, 1.165) is 5.56 Å². The van der Waals surface area contributed by atoms with E-state index in [4.69, 9.17) is 4.74 Å². The summed E-state index contributed by atoms with van der Waals surface area (Å²) in [5.74, 6) is 4.60. The van der Waals surface area contributed by atoms with Crippen LogP contribution in [-0.4, -0.2) is 35.1 Å². The van der Waals surface area contributed by atoms with Crippen LogP contribution in [0.3, 0.4) is 0 Å². The molecule has 5 nitrogen and oxygen atoms in total. The van der Waals surface area contributed by atoms with Crippen LogP contribution in [0.25, 0.3) is 0 Å². The van der Waals surface area contributed by atoms with Gasteiger partial charge in [-0.15, -0.1) is 5.73 Å². The first-order valence-electron chi connectivity index (χ1n) is 11.7. The highest BCUT2D eigenvalue weighted by molar-refractivity contribution is 6.27. The molecular formula is C30H27FN2O3. The van der Waals surface area contributed by atoms with Crippen molar-refractivity contribution >= 4 is 17.6 Å². The number of esters is 1. The zero-order valence-electron chi connectivity index (χ0n) is 20.5. The molecule has 1 atom stereocenters. The van der Waals surface area contributed by atoms with E-state index >= 15 is 0 Å². The van der Waals surface area contributed by atoms with Crippen LogP contribution in [0, 0.1) is 23.1 Å². The number of amides is 1. The Balaban J connectivity index is 1.68. The largest absolute Gasteiger partial charge is 0.460 e. The van der Waals surface area contributed by atoms with E-state index in [0.29, 0.717) is 17.6 Å². The predicted molar refractivity (Wildman–Crippen MR) is 136 cm³/mol. The molecule has 0 radical (unpaired) electrons. The molecule has 0 aromatic heterocycles. The summed E-state index contributed by atoms with van der Waals surface area (Å²) in [4.78, 5) is 33.5. The number of halogens is 1. The van der Waals surface area contributed by atoms with Crippen LogP contribution in [0.5, 0.6) is 0 Å². The van der Waals surface area contributed by atoms with Crippen molar-refractivity contribution in [1.82, 2.24) is 4.90 Å². The third-order valence-electron chi connectivity index (χ3n) is 6.69. The fourth-order valence-corrected chi connectivity index (χ4v) is 4.11. The molecule has 1 unspecified atom stereocenters. The van der Waals surface area contributed by atoms with Gasteiger partial charge in [0.15, 0.2) is 5.41 Å². The highest BCUT2D eigenvalue weighted by Crippen LogP contribution is 2.41. The molecule has 1 amide bonds. The third-order valence-corrected chi connectivity index (χ3v) is 6.69. The van der Waals surface area contributed by atoms with Crippen molar-refractivity contribution in [1.29, 1.82) is 0 Å². The summed E-state index contributed by atoms with van der Waals surface area (Å²) in [6.45, 7) is 3.99. The number of ether oxygens (including phenoxy) is 1. The van der Waals surface area contributed by atoms with Gasteiger partial charge >= 0.3 is 5.97 Å². The van der Waals surface area contributed by atoms with E-state index in [-0.39, 0.29) is 30.5 Å². The molecule has 0 N–H and O–H groups in total. The first-order valence-corrected chi connectivity index (χ1v) is 11.7. The Morgan fingerprint density at radius 2 is 1.81 bits per heavy atom. The molecule has 2 heterocycles. The van der Waals surface area contributed by atoms with E-state index in [1.165, 1.54) is 18.3 Å². The van der Waals surface area contributed by atoms with Crippen molar-refractivity contribution in [3.63, 3.8) is 0 Å². The molecule has 1 fully saturated rings. The van der Waals surface area contributed by atoms with E-state index in [1.54, 1.807) is 36.2 Å². The van der Waals surface area contributed by atoms with Gasteiger partial charge in [0.25, 0.3) is 0 Å². The lowest BCUT2D eigenvalue weighted by molar-refractivity contribution is -0.167. The fourth-order valence-electron chi connectivity index (χ4n) is 4.11. The van der Waals surface area contributed by atoms with Crippen molar-refractivity contribution in [3.8, 4) is 11.8 Å². The number of piperidine rings is 1. The van der Waals surface area contributed by atoms with Gasteiger partial charge in [-0.25, -0.2) is 4.39 Å². The molecular weight excluding hydrogens is 455 g/mol. The van der Waals surface area contributed by atoms with Crippen molar-refractivity contribution in [3.05, 3.63) is 101 Å². The maximum Gasteiger partial charge on any atom is 0.328 e. The minimum Gasteiger partial charge on any atom is -0.460 e. The second-order valence-corrected chi connectivity index (χ2v) is 9.45. The molecule has 2 aliphatic rings. The number of hydrogen-bond acceptors (Lipinski definition) is 4. The van der Waals surface area contributed by atoms with Crippen molar-refractivity contribution < 1.29 is 18.7 Å². The van der Waals surface area contributed by atoms with Crippen molar-refractivity contribution in [2.45, 2.75) is 38.8 Å². The SMILES string of the molecule is CN1C(=O)C(C(=O)OCc2ccccc2)(C2=NC=C(C#Cc3ccc(F)cc3)C=C=C2)CCC1(C)C. The van der Waals surface area contributed by atoms with Gasteiger partial charge in [0.05, 0.1) is 11.3 Å². The van der Waals surface area contributed by atoms with Crippen LogP contribution in [0.15, 0.2) is 89.2 Å². The van der Waals surface area contributed by atoms with Gasteiger partial charge in [0, 0.05) is 30.4 Å². The van der Waals surface area contributed by atoms with Gasteiger partial charge in [0.1, 0.15) is 12.4 Å². The predicted octanol–water partition coefficient (Wildman–Crippen LogP) is 4.99. The maximum absolute atomic E-state index is 13.8. The van der Waals surface area contributed by atoms with E-state index < -0.39 is 16.9 Å². The molecule has 182 valence electrons. The zero-order chi connectivity index (χ0) is 25.8. The number of rotatable bonds is 4. The monoisotopic (exact) mass is 482 g/mol. The molecule has 6 heteroatoms. The van der Waals surface area contributed by atoms with Gasteiger partial charge < -0.3 is 9.64 Å². The van der Waals surface area contributed by atoms with Gasteiger partial charge in [-0.05, 0) is 62.6 Å². The minimum atomic E-state index is -1.59. The molecule has 0 saturated carbocycles. The highest BCUT2D eigenvalue weighted by Gasteiger charge is 2.57. The van der Waals surface area contributed by atoms with Crippen LogP contribution in [-0.2, 0) is 20.9 Å². The summed E-state index contributed by atoms with van der Waals surface area (Å²) in [7, 11) is 1.70. The molecule has 0 spiro atoms. The highest BCUT2D eigenvalue weighted by atomic mass is 19.1. The average molecular weight is 483 g/mol. The fraction of sp³-hybridized carbons (Fsp3) is 0.267. The second kappa shape index (κ2) is 10.2. The Kier molecular flexibility index (Phi) is 7.05. The van der Waals surface area contributed by atoms with Crippen LogP contribution >= 0.6 is 0 Å². The Hall–Kier alpha value is -4.20. The van der Waals surface area contributed by atoms with E-state index in [9.17, 15) is 14.0 Å². The average Bonchev–Trinajstić information content (AvgIpc) is 3.13. The Bertz CT molecular complexity index is 1350. The summed E-state index contributed by atoms with van der Waals surface area (Å²) in [5, 5.41) is 0. The number of benzene rings is 2. The number of hydrogen-bond donors (Lipinski definition) is 0. The van der Waals surface area contributed by atoms with Crippen LogP contribution < -0.4 is 0 Å². The molecule has 0 aliphatic carbocycles. The van der Waals surface area contributed by atoms with E-state index in [2.05, 4.69) is 22.6 Å². The lowest BCUT2D eigenvalue weighted by Crippen LogP contribution is -2.62. The molecule has 1 saturated heterocycles. The topological polar surface area (TPSA) is 59.0 Å². The Labute approximate surface area is 210 Å². The summed E-state index contributed by atoms with van der Waals surface area (Å²) in [6, 6.07) is 15.2. The number of aliphatic imine (C=N–C) groups is 1. The van der Waals surface area contributed by atoms with Gasteiger partial charge in [-0.2, -0.15) is 0 Å². The number of carbonyl (C=O) groups excluding carboxylic acids is 2. The summed E-state index contributed by atoms with van der Waals surface area (Å²) in [6.07, 6.45) is 5.56. The number of allylic oxidation sites excluding steroid dienone is 2. The van der Waals surface area contributed by atoms with Gasteiger partial charge in [-0.3, -0.25) is 14.6 Å². The molecule has 2 aromatic rings. The van der Waals surface area contributed by atoms with Gasteiger partial charge in [0.2, 0.25) is 5.91 Å². The van der Waals surface area contributed by atoms with E-state index in [1.807, 2.05) is 44.2 Å². The first-order chi connectivity index (χ1) is 17.2. The van der Waals surface area contributed by atoms with Crippen molar-refractivity contribution in [2.75, 3.05) is 7.05 Å². The van der Waals surface area contributed by atoms with Crippen molar-refractivity contribution in [2.24, 2.45) is 10.4 Å². The zero-order valence-corrected chi connectivity index (χ0v) is 20.5. The lowest BCUT2D eigenvalue weighted by atomic mass is 9.70. The summed E-state index contributed by atoms with van der Waals surface area (Å²) >= 11 is 0. The van der Waals surface area contributed by atoms with Gasteiger partial charge in [-0.1, -0.05) is 42.2 Å². The number of likely N-dealkylation sites (tertiary alicyclic amines) is 1. The number of nitrogens with zero attached hydrogens (tertiary/aromatic N) is 2. The van der Waals surface area contributed by atoms with Crippen LogP contribution in [0.2, 0.25) is 0 Å². The molecule has 36 heavy (non-hydrogen) atoms. The van der Waals surface area contributed by atoms with Crippen LogP contribution in [0.4, 0.5) is 4.39 Å². The standard InChI is InChI=1S/C30H27FN2O3/c1-29(2)18-19-30(27(34)33(29)3,28(35)36-21-24-8-5-4-6-9-24)26-11-7-10-23(20-32-26)13-12-22-14-16-25(31)17-15-22/h4-6,8-11,14-17,20H,18-19,21H2,1-3H3. The maximum atomic E-state index is 13.8. The molecule has 0 bridgehead atoms. The molecule has 2 aliphatic heterocycles. The normalized spacial score (nSPS) is 20.6. The Morgan fingerprint density at radius 3 is 2.53 bits per heavy atom. The smallest absolute Gasteiger partial charge is 0.328 e. The van der Waals surface area contributed by atoms with Crippen LogP contribution in [0.1, 0.15) is 37.8 Å². The third kappa shape index (κ3) is 5.07. The number of carbonyl (C=O) groups is 2.